The lowest BCUT2D eigenvalue weighted by atomic mass is 10.1. The third kappa shape index (κ3) is 12.0. The largest absolute Gasteiger partial charge is 0.306 e. The molecule has 1 heteroatoms. The van der Waals surface area contributed by atoms with Crippen LogP contribution in [0.25, 0.3) is 0 Å². The Balaban J connectivity index is -0.000000174. The van der Waals surface area contributed by atoms with Crippen LogP contribution in [0.4, 0.5) is 0 Å². The van der Waals surface area contributed by atoms with Crippen LogP contribution in [0.3, 0.4) is 0 Å². The highest BCUT2D eigenvalue weighted by molar-refractivity contribution is 4.70. The highest BCUT2D eigenvalue weighted by Gasteiger charge is 2.16. The van der Waals surface area contributed by atoms with Crippen LogP contribution < -0.4 is 0 Å². The molecular weight excluding hydrogens is 170 g/mol. The molecule has 0 saturated carbocycles. The molecule has 0 aliphatic carbocycles. The molecular formula is C13H33N. The molecule has 1 aliphatic heterocycles. The Morgan fingerprint density at radius 2 is 1.43 bits per heavy atom. The predicted octanol–water partition coefficient (Wildman–Crippen LogP) is 4.43. The fourth-order valence-corrected chi connectivity index (χ4v) is 1.36. The normalized spacial score (nSPS) is 19.3. The number of rotatable bonds is 1. The van der Waals surface area contributed by atoms with Gasteiger partial charge >= 0.3 is 0 Å². The van der Waals surface area contributed by atoms with Crippen LogP contribution >= 0.6 is 0 Å². The average molecular weight is 203 g/mol. The number of likely N-dealkylation sites (tertiary alicyclic amines) is 1. The van der Waals surface area contributed by atoms with Crippen LogP contribution in [0, 0.1) is 5.92 Å². The zero-order valence-electron chi connectivity index (χ0n) is 11.9. The molecule has 1 aliphatic rings. The molecule has 1 rings (SSSR count). The lowest BCUT2D eigenvalue weighted by molar-refractivity contribution is 0.392. The Kier molecular flexibility index (Phi) is 26.1. The maximum absolute atomic E-state index is 2.41. The van der Waals surface area contributed by atoms with Gasteiger partial charge in [-0.15, -0.1) is 0 Å². The van der Waals surface area contributed by atoms with E-state index in [0.717, 1.165) is 5.92 Å². The Bertz CT molecular complexity index is 71.6. The number of hydrogen-bond acceptors (Lipinski definition) is 1. The van der Waals surface area contributed by atoms with Crippen molar-refractivity contribution in [2.45, 2.75) is 61.3 Å². The third-order valence-corrected chi connectivity index (χ3v) is 2.07. The summed E-state index contributed by atoms with van der Waals surface area (Å²) in [6.07, 6.45) is 2.79. The van der Waals surface area contributed by atoms with Crippen LogP contribution in [0.15, 0.2) is 0 Å². The van der Waals surface area contributed by atoms with Crippen molar-refractivity contribution >= 4 is 0 Å². The molecule has 0 spiro atoms. The zero-order valence-corrected chi connectivity index (χ0v) is 11.9. The SMILES string of the molecule is CC.CC.CC.CCC1CCN(C)C1. The van der Waals surface area contributed by atoms with Gasteiger partial charge in [-0.25, -0.2) is 0 Å². The summed E-state index contributed by atoms with van der Waals surface area (Å²) < 4.78 is 0. The molecule has 1 saturated heterocycles. The van der Waals surface area contributed by atoms with E-state index in [0.29, 0.717) is 0 Å². The molecule has 0 aromatic heterocycles. The first-order chi connectivity index (χ1) is 6.83. The van der Waals surface area contributed by atoms with Crippen LogP contribution in [0.1, 0.15) is 61.3 Å². The van der Waals surface area contributed by atoms with Gasteiger partial charge in [-0.3, -0.25) is 0 Å². The van der Waals surface area contributed by atoms with Crippen LogP contribution in [0.2, 0.25) is 0 Å². The van der Waals surface area contributed by atoms with Crippen LogP contribution in [-0.2, 0) is 0 Å². The van der Waals surface area contributed by atoms with E-state index in [4.69, 9.17) is 0 Å². The summed E-state index contributed by atoms with van der Waals surface area (Å²) in [6, 6.07) is 0. The lowest BCUT2D eigenvalue weighted by Crippen LogP contribution is -2.13. The first-order valence-corrected chi connectivity index (χ1v) is 6.51. The van der Waals surface area contributed by atoms with Crippen molar-refractivity contribution in [3.8, 4) is 0 Å². The maximum Gasteiger partial charge on any atom is 0.000698 e. The summed E-state index contributed by atoms with van der Waals surface area (Å²) in [5.74, 6) is 1.000. The summed E-state index contributed by atoms with van der Waals surface area (Å²) in [4.78, 5) is 2.41. The van der Waals surface area contributed by atoms with Gasteiger partial charge in [0.1, 0.15) is 0 Å². The smallest absolute Gasteiger partial charge is 0.000698 e. The van der Waals surface area contributed by atoms with E-state index in [1.54, 1.807) is 0 Å². The monoisotopic (exact) mass is 203 g/mol. The van der Waals surface area contributed by atoms with E-state index >= 15 is 0 Å². The van der Waals surface area contributed by atoms with Gasteiger partial charge in [0.25, 0.3) is 0 Å². The first-order valence-electron chi connectivity index (χ1n) is 6.51. The molecule has 0 radical (unpaired) electrons. The third-order valence-electron chi connectivity index (χ3n) is 2.07. The Labute approximate surface area is 92.9 Å². The van der Waals surface area contributed by atoms with Gasteiger partial charge in [-0.2, -0.15) is 0 Å². The molecule has 0 aromatic carbocycles. The number of nitrogens with zero attached hydrogens (tertiary/aromatic N) is 1. The summed E-state index contributed by atoms with van der Waals surface area (Å²) >= 11 is 0. The van der Waals surface area contributed by atoms with Gasteiger partial charge < -0.3 is 4.90 Å². The van der Waals surface area contributed by atoms with E-state index < -0.39 is 0 Å². The zero-order chi connectivity index (χ0) is 12.0. The van der Waals surface area contributed by atoms with E-state index in [9.17, 15) is 0 Å². The topological polar surface area (TPSA) is 3.24 Å². The van der Waals surface area contributed by atoms with Crippen LogP contribution in [-0.4, -0.2) is 25.0 Å². The fourth-order valence-electron chi connectivity index (χ4n) is 1.36. The van der Waals surface area contributed by atoms with Crippen molar-refractivity contribution in [1.29, 1.82) is 0 Å². The second kappa shape index (κ2) is 18.7. The van der Waals surface area contributed by atoms with Crippen molar-refractivity contribution in [1.82, 2.24) is 4.90 Å². The molecule has 0 aromatic rings. The lowest BCUT2D eigenvalue weighted by Gasteiger charge is -2.05. The highest BCUT2D eigenvalue weighted by atomic mass is 15.1. The molecule has 0 N–H and O–H groups in total. The molecule has 14 heavy (non-hydrogen) atoms. The van der Waals surface area contributed by atoms with Gasteiger partial charge in [0.05, 0.1) is 0 Å². The predicted molar refractivity (Wildman–Crippen MR) is 69.9 cm³/mol. The summed E-state index contributed by atoms with van der Waals surface area (Å²) in [5.41, 5.74) is 0. The fraction of sp³-hybridized carbons (Fsp3) is 1.00. The van der Waals surface area contributed by atoms with E-state index in [1.165, 1.54) is 25.9 Å². The van der Waals surface area contributed by atoms with E-state index in [1.807, 2.05) is 41.5 Å². The molecule has 0 bridgehead atoms. The van der Waals surface area contributed by atoms with E-state index in [-0.39, 0.29) is 0 Å². The molecule has 90 valence electrons. The van der Waals surface area contributed by atoms with E-state index in [2.05, 4.69) is 18.9 Å². The summed E-state index contributed by atoms with van der Waals surface area (Å²) in [6.45, 7) is 16.9. The second-order valence-corrected chi connectivity index (χ2v) is 2.83. The average Bonchev–Trinajstić information content (AvgIpc) is 2.73. The van der Waals surface area contributed by atoms with Gasteiger partial charge in [-0.1, -0.05) is 54.9 Å². The maximum atomic E-state index is 2.41. The Morgan fingerprint density at radius 1 is 1.00 bits per heavy atom. The first kappa shape index (κ1) is 19.5. The molecule has 1 heterocycles. The van der Waals surface area contributed by atoms with Gasteiger partial charge in [0, 0.05) is 6.54 Å². The standard InChI is InChI=1S/C7H15N.3C2H6/c1-3-7-4-5-8(2)6-7;3*1-2/h7H,3-6H2,1-2H3;3*1-2H3. The van der Waals surface area contributed by atoms with Crippen molar-refractivity contribution in [3.63, 3.8) is 0 Å². The Morgan fingerprint density at radius 3 is 1.57 bits per heavy atom. The minimum absolute atomic E-state index is 1.000. The molecule has 0 amide bonds. The van der Waals surface area contributed by atoms with Crippen molar-refractivity contribution in [2.75, 3.05) is 20.1 Å². The highest BCUT2D eigenvalue weighted by Crippen LogP contribution is 2.16. The van der Waals surface area contributed by atoms with Crippen molar-refractivity contribution in [2.24, 2.45) is 5.92 Å². The minimum Gasteiger partial charge on any atom is -0.306 e. The summed E-state index contributed by atoms with van der Waals surface area (Å²) in [5, 5.41) is 0. The van der Waals surface area contributed by atoms with Crippen molar-refractivity contribution < 1.29 is 0 Å². The van der Waals surface area contributed by atoms with Crippen LogP contribution in [0.5, 0.6) is 0 Å². The quantitative estimate of drug-likeness (QED) is 0.609. The molecule has 1 fully saturated rings. The molecule has 1 nitrogen and oxygen atoms in total. The number of hydrogen-bond donors (Lipinski definition) is 0. The van der Waals surface area contributed by atoms with Gasteiger partial charge in [-0.05, 0) is 25.9 Å². The van der Waals surface area contributed by atoms with Gasteiger partial charge in [0.2, 0.25) is 0 Å². The molecule has 1 atom stereocenters. The molecule has 1 unspecified atom stereocenters. The Hall–Kier alpha value is -0.0400. The van der Waals surface area contributed by atoms with Crippen molar-refractivity contribution in [3.05, 3.63) is 0 Å². The summed E-state index contributed by atoms with van der Waals surface area (Å²) in [7, 11) is 2.20. The minimum atomic E-state index is 1.000. The second-order valence-electron chi connectivity index (χ2n) is 2.83. The van der Waals surface area contributed by atoms with Gasteiger partial charge in [0.15, 0.2) is 0 Å².